The first kappa shape index (κ1) is 16.0. The van der Waals surface area contributed by atoms with Crippen LogP contribution in [0.3, 0.4) is 0 Å². The van der Waals surface area contributed by atoms with Crippen LogP contribution >= 0.6 is 0 Å². The van der Waals surface area contributed by atoms with Crippen LogP contribution in [0.15, 0.2) is 24.3 Å². The highest BCUT2D eigenvalue weighted by Gasteiger charge is 2.21. The van der Waals surface area contributed by atoms with Crippen LogP contribution < -0.4 is 10.6 Å². The Bertz CT molecular complexity index is 443. The van der Waals surface area contributed by atoms with Crippen LogP contribution in [-0.2, 0) is 9.59 Å². The quantitative estimate of drug-likeness (QED) is 0.712. The van der Waals surface area contributed by atoms with Crippen molar-refractivity contribution in [2.75, 3.05) is 6.54 Å². The van der Waals surface area contributed by atoms with Crippen molar-refractivity contribution >= 4 is 11.8 Å². The van der Waals surface area contributed by atoms with Crippen LogP contribution in [0.2, 0.25) is 0 Å². The van der Waals surface area contributed by atoms with E-state index in [4.69, 9.17) is 0 Å². The Balaban J connectivity index is 2.85. The summed E-state index contributed by atoms with van der Waals surface area (Å²) in [5, 5.41) is 14.8. The van der Waals surface area contributed by atoms with E-state index in [0.29, 0.717) is 18.5 Å². The molecule has 0 spiro atoms. The lowest BCUT2D eigenvalue weighted by molar-refractivity contribution is -0.129. The summed E-state index contributed by atoms with van der Waals surface area (Å²) >= 11 is 0. The Hall–Kier alpha value is -2.04. The lowest BCUT2D eigenvalue weighted by Gasteiger charge is -2.18. The average molecular weight is 278 g/mol. The number of phenolic OH excluding ortho intramolecular Hbond substituents is 1. The van der Waals surface area contributed by atoms with Gasteiger partial charge < -0.3 is 15.7 Å². The first-order valence-corrected chi connectivity index (χ1v) is 6.94. The van der Waals surface area contributed by atoms with Crippen molar-refractivity contribution in [3.63, 3.8) is 0 Å². The smallest absolute Gasteiger partial charge is 0.247 e. The van der Waals surface area contributed by atoms with E-state index >= 15 is 0 Å². The predicted octanol–water partition coefficient (Wildman–Crippen LogP) is 1.88. The van der Waals surface area contributed by atoms with Gasteiger partial charge in [0.1, 0.15) is 11.8 Å². The molecule has 0 aliphatic rings. The number of carbonyl (C=O) groups excluding carboxylic acids is 2. The number of hydrogen-bond acceptors (Lipinski definition) is 3. The number of amides is 2. The van der Waals surface area contributed by atoms with E-state index in [9.17, 15) is 14.7 Å². The van der Waals surface area contributed by atoms with Gasteiger partial charge in [-0.25, -0.2) is 0 Å². The first-order chi connectivity index (χ1) is 9.58. The van der Waals surface area contributed by atoms with Crippen molar-refractivity contribution in [3.8, 4) is 5.75 Å². The Kier molecular flexibility index (Phi) is 6.56. The third-order valence-corrected chi connectivity index (χ3v) is 2.82. The summed E-state index contributed by atoms with van der Waals surface area (Å²) in [6.45, 7) is 4.44. The average Bonchev–Trinajstić information content (AvgIpc) is 2.43. The minimum Gasteiger partial charge on any atom is -0.508 e. The number of aromatic hydroxyl groups is 1. The molecule has 0 aromatic heterocycles. The molecule has 0 saturated carbocycles. The summed E-state index contributed by atoms with van der Waals surface area (Å²) in [7, 11) is 0. The van der Waals surface area contributed by atoms with Gasteiger partial charge in [-0.1, -0.05) is 26.0 Å². The van der Waals surface area contributed by atoms with Crippen LogP contribution in [0.5, 0.6) is 5.75 Å². The van der Waals surface area contributed by atoms with E-state index in [0.717, 1.165) is 12.8 Å². The fourth-order valence-corrected chi connectivity index (χ4v) is 1.78. The highest BCUT2D eigenvalue weighted by molar-refractivity contribution is 5.88. The highest BCUT2D eigenvalue weighted by atomic mass is 16.3. The van der Waals surface area contributed by atoms with Gasteiger partial charge in [0.05, 0.1) is 0 Å². The third-order valence-electron chi connectivity index (χ3n) is 2.82. The molecule has 0 saturated heterocycles. The topological polar surface area (TPSA) is 78.4 Å². The molecule has 20 heavy (non-hydrogen) atoms. The van der Waals surface area contributed by atoms with E-state index in [1.54, 1.807) is 12.1 Å². The zero-order valence-electron chi connectivity index (χ0n) is 12.0. The molecule has 2 amide bonds. The van der Waals surface area contributed by atoms with Crippen molar-refractivity contribution < 1.29 is 14.7 Å². The van der Waals surface area contributed by atoms with E-state index in [2.05, 4.69) is 10.6 Å². The van der Waals surface area contributed by atoms with Gasteiger partial charge in [0, 0.05) is 13.0 Å². The molecule has 0 heterocycles. The summed E-state index contributed by atoms with van der Waals surface area (Å²) in [6.07, 6.45) is 1.94. The number of nitrogens with one attached hydrogen (secondary N) is 2. The zero-order valence-corrected chi connectivity index (χ0v) is 12.0. The molecule has 1 rings (SSSR count). The molecular formula is C15H22N2O3. The molecule has 0 aliphatic carbocycles. The summed E-state index contributed by atoms with van der Waals surface area (Å²) in [4.78, 5) is 23.9. The Labute approximate surface area is 119 Å². The van der Waals surface area contributed by atoms with Crippen molar-refractivity contribution in [1.82, 2.24) is 10.6 Å². The van der Waals surface area contributed by atoms with Crippen LogP contribution in [0.4, 0.5) is 0 Å². The van der Waals surface area contributed by atoms with Crippen LogP contribution in [0.25, 0.3) is 0 Å². The van der Waals surface area contributed by atoms with Crippen molar-refractivity contribution in [3.05, 3.63) is 29.8 Å². The van der Waals surface area contributed by atoms with Gasteiger partial charge in [0.2, 0.25) is 11.8 Å². The van der Waals surface area contributed by atoms with E-state index in [1.165, 1.54) is 12.1 Å². The van der Waals surface area contributed by atoms with Crippen LogP contribution in [0.1, 0.15) is 44.7 Å². The normalized spacial score (nSPS) is 11.7. The molecular weight excluding hydrogens is 256 g/mol. The molecule has 110 valence electrons. The molecule has 1 aromatic rings. The lowest BCUT2D eigenvalue weighted by atomic mass is 10.1. The number of carbonyl (C=O) groups is 2. The molecule has 0 bridgehead atoms. The van der Waals surface area contributed by atoms with Gasteiger partial charge in [-0.2, -0.15) is 0 Å². The second kappa shape index (κ2) is 8.19. The molecule has 0 fully saturated rings. The maximum atomic E-state index is 12.1. The van der Waals surface area contributed by atoms with Crippen molar-refractivity contribution in [2.24, 2.45) is 0 Å². The monoisotopic (exact) mass is 278 g/mol. The molecule has 1 aromatic carbocycles. The SMILES string of the molecule is CCCNC(=O)[C@H](NC(=O)CCC)c1ccc(O)cc1. The number of phenols is 1. The largest absolute Gasteiger partial charge is 0.508 e. The second-order valence-corrected chi connectivity index (χ2v) is 4.63. The van der Waals surface area contributed by atoms with Gasteiger partial charge in [0.15, 0.2) is 0 Å². The number of benzene rings is 1. The molecule has 5 heteroatoms. The standard InChI is InChI=1S/C15H22N2O3/c1-3-5-13(19)17-14(15(20)16-10-4-2)11-6-8-12(18)9-7-11/h6-9,14,18H,3-5,10H2,1-2H3,(H,16,20)(H,17,19)/t14-/m1/s1. The summed E-state index contributed by atoms with van der Waals surface area (Å²) in [5.41, 5.74) is 0.654. The summed E-state index contributed by atoms with van der Waals surface area (Å²) in [6, 6.07) is 5.56. The van der Waals surface area contributed by atoms with Crippen molar-refractivity contribution in [2.45, 2.75) is 39.2 Å². The van der Waals surface area contributed by atoms with E-state index < -0.39 is 6.04 Å². The van der Waals surface area contributed by atoms with Crippen molar-refractivity contribution in [1.29, 1.82) is 0 Å². The lowest BCUT2D eigenvalue weighted by Crippen LogP contribution is -2.40. The first-order valence-electron chi connectivity index (χ1n) is 6.94. The third kappa shape index (κ3) is 4.91. The Morgan fingerprint density at radius 2 is 1.80 bits per heavy atom. The molecule has 0 aliphatic heterocycles. The van der Waals surface area contributed by atoms with Crippen LogP contribution in [0, 0.1) is 0 Å². The fraction of sp³-hybridized carbons (Fsp3) is 0.467. The van der Waals surface area contributed by atoms with E-state index in [1.807, 2.05) is 13.8 Å². The molecule has 0 radical (unpaired) electrons. The number of rotatable bonds is 7. The highest BCUT2D eigenvalue weighted by Crippen LogP contribution is 2.17. The summed E-state index contributed by atoms with van der Waals surface area (Å²) < 4.78 is 0. The van der Waals surface area contributed by atoms with E-state index in [-0.39, 0.29) is 17.6 Å². The fourth-order valence-electron chi connectivity index (χ4n) is 1.78. The minimum atomic E-state index is -0.721. The van der Waals surface area contributed by atoms with Gasteiger partial charge in [-0.05, 0) is 30.5 Å². The Morgan fingerprint density at radius 1 is 1.15 bits per heavy atom. The van der Waals surface area contributed by atoms with Gasteiger partial charge in [0.25, 0.3) is 0 Å². The van der Waals surface area contributed by atoms with Gasteiger partial charge in [-0.3, -0.25) is 9.59 Å². The Morgan fingerprint density at radius 3 is 2.35 bits per heavy atom. The van der Waals surface area contributed by atoms with Gasteiger partial charge in [-0.15, -0.1) is 0 Å². The molecule has 3 N–H and O–H groups in total. The molecule has 1 atom stereocenters. The second-order valence-electron chi connectivity index (χ2n) is 4.63. The predicted molar refractivity (Wildman–Crippen MR) is 77.2 cm³/mol. The minimum absolute atomic E-state index is 0.126. The van der Waals surface area contributed by atoms with Gasteiger partial charge >= 0.3 is 0 Å². The molecule has 0 unspecified atom stereocenters. The summed E-state index contributed by atoms with van der Waals surface area (Å²) in [5.74, 6) is -0.263. The zero-order chi connectivity index (χ0) is 15.0. The molecule has 5 nitrogen and oxygen atoms in total. The number of hydrogen-bond donors (Lipinski definition) is 3. The maximum absolute atomic E-state index is 12.1. The van der Waals surface area contributed by atoms with Crippen LogP contribution in [-0.4, -0.2) is 23.5 Å². The maximum Gasteiger partial charge on any atom is 0.247 e.